The molecule has 6 heteroatoms. The van der Waals surface area contributed by atoms with Gasteiger partial charge in [-0.05, 0) is 24.8 Å². The molecule has 108 valence electrons. The van der Waals surface area contributed by atoms with Crippen LogP contribution in [-0.2, 0) is 9.84 Å². The van der Waals surface area contributed by atoms with Crippen LogP contribution in [0.5, 0.6) is 0 Å². The SMILES string of the molecule is CN1CCN(CC2=CS(=O)(=O)c3cccc(F)c32)CC1. The van der Waals surface area contributed by atoms with Gasteiger partial charge in [0.25, 0.3) is 0 Å². The first kappa shape index (κ1) is 13.7. The van der Waals surface area contributed by atoms with E-state index in [1.165, 1.54) is 23.6 Å². The van der Waals surface area contributed by atoms with Gasteiger partial charge in [0.15, 0.2) is 0 Å². The summed E-state index contributed by atoms with van der Waals surface area (Å²) in [6, 6.07) is 4.23. The van der Waals surface area contributed by atoms with Crippen LogP contribution in [0.15, 0.2) is 28.5 Å². The minimum atomic E-state index is -3.48. The minimum absolute atomic E-state index is 0.0987. The molecule has 0 aromatic heterocycles. The lowest BCUT2D eigenvalue weighted by molar-refractivity contribution is 0.168. The number of hydrogen-bond donors (Lipinski definition) is 0. The molecule has 0 aliphatic carbocycles. The Morgan fingerprint density at radius 1 is 1.20 bits per heavy atom. The molecule has 0 unspecified atom stereocenters. The van der Waals surface area contributed by atoms with E-state index in [9.17, 15) is 12.8 Å². The number of piperazine rings is 1. The Morgan fingerprint density at radius 2 is 1.90 bits per heavy atom. The van der Waals surface area contributed by atoms with Crippen molar-refractivity contribution >= 4 is 15.4 Å². The van der Waals surface area contributed by atoms with E-state index < -0.39 is 15.7 Å². The number of hydrogen-bond acceptors (Lipinski definition) is 4. The van der Waals surface area contributed by atoms with Gasteiger partial charge in [-0.1, -0.05) is 6.07 Å². The van der Waals surface area contributed by atoms with Crippen molar-refractivity contribution in [2.24, 2.45) is 0 Å². The van der Waals surface area contributed by atoms with E-state index >= 15 is 0 Å². The highest BCUT2D eigenvalue weighted by atomic mass is 32.2. The van der Waals surface area contributed by atoms with Crippen LogP contribution < -0.4 is 0 Å². The third kappa shape index (κ3) is 2.39. The van der Waals surface area contributed by atoms with Gasteiger partial charge in [0.05, 0.1) is 4.90 Å². The van der Waals surface area contributed by atoms with Crippen LogP contribution in [0.1, 0.15) is 5.56 Å². The fourth-order valence-electron chi connectivity index (χ4n) is 2.73. The molecule has 0 radical (unpaired) electrons. The highest BCUT2D eigenvalue weighted by molar-refractivity contribution is 7.95. The van der Waals surface area contributed by atoms with Crippen molar-refractivity contribution in [3.63, 3.8) is 0 Å². The van der Waals surface area contributed by atoms with Gasteiger partial charge in [-0.25, -0.2) is 12.8 Å². The van der Waals surface area contributed by atoms with Crippen LogP contribution in [0, 0.1) is 5.82 Å². The molecule has 0 bridgehead atoms. The summed E-state index contributed by atoms with van der Waals surface area (Å²) < 4.78 is 38.0. The number of fused-ring (bicyclic) bond motifs is 1. The van der Waals surface area contributed by atoms with Gasteiger partial charge in [-0.2, -0.15) is 0 Å². The molecule has 1 fully saturated rings. The smallest absolute Gasteiger partial charge is 0.200 e. The second kappa shape index (κ2) is 4.95. The van der Waals surface area contributed by atoms with Crippen molar-refractivity contribution in [2.45, 2.75) is 4.90 Å². The third-order valence-corrected chi connectivity index (χ3v) is 5.44. The van der Waals surface area contributed by atoms with Crippen molar-refractivity contribution in [3.8, 4) is 0 Å². The van der Waals surface area contributed by atoms with Gasteiger partial charge < -0.3 is 4.90 Å². The molecule has 0 spiro atoms. The molecule has 0 saturated carbocycles. The topological polar surface area (TPSA) is 40.6 Å². The first-order chi connectivity index (χ1) is 9.47. The summed E-state index contributed by atoms with van der Waals surface area (Å²) in [5, 5.41) is 1.22. The molecule has 1 aromatic carbocycles. The number of nitrogens with zero attached hydrogens (tertiary/aromatic N) is 2. The molecule has 1 aromatic rings. The van der Waals surface area contributed by atoms with Crippen LogP contribution in [0.25, 0.3) is 5.57 Å². The second-order valence-corrected chi connectivity index (χ2v) is 7.15. The molecule has 2 heterocycles. The Kier molecular flexibility index (Phi) is 3.40. The zero-order chi connectivity index (χ0) is 14.3. The molecule has 2 aliphatic heterocycles. The third-order valence-electron chi connectivity index (χ3n) is 3.89. The molecule has 0 amide bonds. The molecule has 0 atom stereocenters. The molecule has 20 heavy (non-hydrogen) atoms. The zero-order valence-corrected chi connectivity index (χ0v) is 12.2. The number of rotatable bonds is 2. The average Bonchev–Trinajstić information content (AvgIpc) is 2.65. The Hall–Kier alpha value is -1.24. The van der Waals surface area contributed by atoms with Gasteiger partial charge in [-0.3, -0.25) is 4.90 Å². The van der Waals surface area contributed by atoms with Crippen LogP contribution in [-0.4, -0.2) is 58.0 Å². The van der Waals surface area contributed by atoms with Crippen LogP contribution in [0.2, 0.25) is 0 Å². The van der Waals surface area contributed by atoms with E-state index in [2.05, 4.69) is 16.8 Å². The number of likely N-dealkylation sites (N-methyl/N-ethyl adjacent to an activating group) is 1. The van der Waals surface area contributed by atoms with Crippen molar-refractivity contribution < 1.29 is 12.8 Å². The molecule has 3 rings (SSSR count). The van der Waals surface area contributed by atoms with Gasteiger partial charge in [0, 0.05) is 43.7 Å². The van der Waals surface area contributed by atoms with E-state index in [1.54, 1.807) is 0 Å². The van der Waals surface area contributed by atoms with Crippen LogP contribution in [0.3, 0.4) is 0 Å². The maximum absolute atomic E-state index is 14.0. The summed E-state index contributed by atoms with van der Waals surface area (Å²) in [5.41, 5.74) is 0.828. The molecule has 2 aliphatic rings. The zero-order valence-electron chi connectivity index (χ0n) is 11.3. The molecule has 1 saturated heterocycles. The second-order valence-electron chi connectivity index (χ2n) is 5.38. The maximum Gasteiger partial charge on any atom is 0.200 e. The van der Waals surface area contributed by atoms with Gasteiger partial charge in [0.1, 0.15) is 5.82 Å². The summed E-state index contributed by atoms with van der Waals surface area (Å²) >= 11 is 0. The van der Waals surface area contributed by atoms with E-state index in [-0.39, 0.29) is 10.5 Å². The molecule has 0 N–H and O–H groups in total. The number of sulfone groups is 1. The Balaban J connectivity index is 1.89. The predicted molar refractivity (Wildman–Crippen MR) is 75.5 cm³/mol. The standard InChI is InChI=1S/C14H17FN2O2S/c1-16-5-7-17(8-6-16)9-11-10-20(18,19)13-4-2-3-12(15)14(11)13/h2-4,10H,5-9H2,1H3. The molecule has 4 nitrogen and oxygen atoms in total. The first-order valence-corrected chi connectivity index (χ1v) is 8.17. The van der Waals surface area contributed by atoms with Gasteiger partial charge in [0.2, 0.25) is 9.84 Å². The molecular weight excluding hydrogens is 279 g/mol. The first-order valence-electron chi connectivity index (χ1n) is 6.63. The number of benzene rings is 1. The summed E-state index contributed by atoms with van der Waals surface area (Å²) in [6.45, 7) is 4.13. The van der Waals surface area contributed by atoms with E-state index in [1.807, 2.05) is 0 Å². The summed E-state index contributed by atoms with van der Waals surface area (Å²) in [7, 11) is -1.42. The Labute approximate surface area is 118 Å². The normalized spacial score (nSPS) is 22.6. The summed E-state index contributed by atoms with van der Waals surface area (Å²) in [6.07, 6.45) is 0. The van der Waals surface area contributed by atoms with E-state index in [0.717, 1.165) is 26.2 Å². The van der Waals surface area contributed by atoms with Crippen molar-refractivity contribution in [1.82, 2.24) is 9.80 Å². The highest BCUT2D eigenvalue weighted by Crippen LogP contribution is 2.35. The average molecular weight is 296 g/mol. The van der Waals surface area contributed by atoms with Crippen LogP contribution >= 0.6 is 0 Å². The predicted octanol–water partition coefficient (Wildman–Crippen LogP) is 1.20. The number of halogens is 1. The van der Waals surface area contributed by atoms with Gasteiger partial charge >= 0.3 is 0 Å². The Morgan fingerprint density at radius 3 is 2.60 bits per heavy atom. The fourth-order valence-corrected chi connectivity index (χ4v) is 4.20. The lowest BCUT2D eigenvalue weighted by atomic mass is 10.1. The molecular formula is C14H17FN2O2S. The largest absolute Gasteiger partial charge is 0.304 e. The van der Waals surface area contributed by atoms with Crippen molar-refractivity contribution in [3.05, 3.63) is 35.0 Å². The minimum Gasteiger partial charge on any atom is -0.304 e. The lowest BCUT2D eigenvalue weighted by Gasteiger charge is -2.32. The quantitative estimate of drug-likeness (QED) is 0.822. The van der Waals surface area contributed by atoms with Crippen molar-refractivity contribution in [1.29, 1.82) is 0 Å². The monoisotopic (exact) mass is 296 g/mol. The van der Waals surface area contributed by atoms with Crippen LogP contribution in [0.4, 0.5) is 4.39 Å². The summed E-state index contributed by atoms with van der Waals surface area (Å²) in [4.78, 5) is 4.50. The van der Waals surface area contributed by atoms with E-state index in [4.69, 9.17) is 0 Å². The maximum atomic E-state index is 14.0. The highest BCUT2D eigenvalue weighted by Gasteiger charge is 2.30. The van der Waals surface area contributed by atoms with E-state index in [0.29, 0.717) is 12.1 Å². The van der Waals surface area contributed by atoms with Crippen molar-refractivity contribution in [2.75, 3.05) is 39.8 Å². The summed E-state index contributed by atoms with van der Waals surface area (Å²) in [5.74, 6) is -0.455. The Bertz CT molecular complexity index is 662. The fraction of sp³-hybridized carbons (Fsp3) is 0.429. The van der Waals surface area contributed by atoms with Gasteiger partial charge in [-0.15, -0.1) is 0 Å². The lowest BCUT2D eigenvalue weighted by Crippen LogP contribution is -2.44.